The number of carbonyl (C=O) groups excluding carboxylic acids is 1. The van der Waals surface area contributed by atoms with E-state index < -0.39 is 12.4 Å². The molecule has 0 aromatic heterocycles. The number of aliphatic carboxylic acids is 1. The summed E-state index contributed by atoms with van der Waals surface area (Å²) in [6.07, 6.45) is 0.697. The fourth-order valence-electron chi connectivity index (χ4n) is 0.185. The number of hydrogen-bond acceptors (Lipinski definition) is 4. The Hall–Kier alpha value is -1.83. The van der Waals surface area contributed by atoms with Gasteiger partial charge in [0.15, 0.2) is 0 Å². The van der Waals surface area contributed by atoms with Gasteiger partial charge in [0.05, 0.1) is 12.3 Å². The molecular weight excluding hydrogens is 162 g/mol. The van der Waals surface area contributed by atoms with Crippen molar-refractivity contribution >= 4 is 11.9 Å². The van der Waals surface area contributed by atoms with Crippen LogP contribution in [0.4, 0.5) is 0 Å². The van der Waals surface area contributed by atoms with Gasteiger partial charge in [-0.25, -0.2) is 0 Å². The van der Waals surface area contributed by atoms with Crippen LogP contribution in [0.25, 0.3) is 0 Å². The van der Waals surface area contributed by atoms with E-state index in [0.717, 1.165) is 6.26 Å². The summed E-state index contributed by atoms with van der Waals surface area (Å²) in [5, 5.41) is 15.3. The lowest BCUT2D eigenvalue weighted by atomic mass is 10.5. The van der Waals surface area contributed by atoms with Gasteiger partial charge in [-0.1, -0.05) is 6.58 Å². The minimum absolute atomic E-state index is 0.329. The average Bonchev–Trinajstić information content (AvgIpc) is 1.87. The Bertz CT molecular complexity index is 204. The van der Waals surface area contributed by atoms with E-state index in [1.165, 1.54) is 13.0 Å². The van der Waals surface area contributed by atoms with Crippen LogP contribution < -0.4 is 0 Å². The highest BCUT2D eigenvalue weighted by Crippen LogP contribution is 1.70. The molecule has 0 aliphatic rings. The molecule has 0 amide bonds. The van der Waals surface area contributed by atoms with E-state index in [1.807, 2.05) is 0 Å². The van der Waals surface area contributed by atoms with Gasteiger partial charge < -0.3 is 9.84 Å². The second kappa shape index (κ2) is 9.17. The third kappa shape index (κ3) is 24.2. The maximum Gasteiger partial charge on any atom is 0.317 e. The summed E-state index contributed by atoms with van der Waals surface area (Å²) in [6, 6.07) is 1.47. The summed E-state index contributed by atoms with van der Waals surface area (Å²) < 4.78 is 4.17. The summed E-state index contributed by atoms with van der Waals surface area (Å²) in [5.74, 6) is -1.40. The predicted molar refractivity (Wildman–Crippen MR) is 39.8 cm³/mol. The van der Waals surface area contributed by atoms with Crippen LogP contribution in [0, 0.1) is 11.3 Å². The highest BCUT2D eigenvalue weighted by molar-refractivity contribution is 5.69. The molecule has 5 heteroatoms. The highest BCUT2D eigenvalue weighted by Gasteiger charge is 1.87. The monoisotopic (exact) mass is 171 g/mol. The number of carboxylic acid groups (broad SMARTS) is 1. The zero-order valence-corrected chi connectivity index (χ0v) is 6.61. The summed E-state index contributed by atoms with van der Waals surface area (Å²) >= 11 is 0. The first-order valence-electron chi connectivity index (χ1n) is 2.91. The molecule has 0 unspecified atom stereocenters. The molecular formula is C7H9NO4. The van der Waals surface area contributed by atoms with Crippen LogP contribution in [0.2, 0.25) is 0 Å². The van der Waals surface area contributed by atoms with E-state index in [2.05, 4.69) is 11.3 Å². The minimum atomic E-state index is -1.07. The molecule has 0 aliphatic heterocycles. The second-order valence-corrected chi connectivity index (χ2v) is 1.50. The molecule has 0 radical (unpaired) electrons. The molecule has 0 fully saturated rings. The predicted octanol–water partition coefficient (Wildman–Crippen LogP) is 0.678. The van der Waals surface area contributed by atoms with E-state index in [4.69, 9.17) is 10.4 Å². The lowest BCUT2D eigenvalue weighted by molar-refractivity contribution is -0.136. The first-order chi connectivity index (χ1) is 5.54. The Morgan fingerprint density at radius 1 is 1.75 bits per heavy atom. The zero-order valence-electron chi connectivity index (χ0n) is 6.61. The highest BCUT2D eigenvalue weighted by atomic mass is 16.5. The standard InChI is InChI=1S/C4H6O2.C3H3NO2/c1-3-6-4(2)5;4-2-1-3(5)6/h3H,1H2,2H3;1H2,(H,5,6). The number of carboxylic acids is 1. The first kappa shape index (κ1) is 12.8. The summed E-state index contributed by atoms with van der Waals surface area (Å²) in [7, 11) is 0. The van der Waals surface area contributed by atoms with Crippen molar-refractivity contribution in [2.24, 2.45) is 0 Å². The lowest BCUT2D eigenvalue weighted by Crippen LogP contribution is -1.88. The van der Waals surface area contributed by atoms with Crippen LogP contribution in [0.3, 0.4) is 0 Å². The summed E-state index contributed by atoms with van der Waals surface area (Å²) in [4.78, 5) is 19.1. The maximum atomic E-state index is 9.75. The summed E-state index contributed by atoms with van der Waals surface area (Å²) in [5.41, 5.74) is 0. The lowest BCUT2D eigenvalue weighted by Gasteiger charge is -1.83. The van der Waals surface area contributed by atoms with Crippen LogP contribution in [0.5, 0.6) is 0 Å². The number of nitriles is 1. The SMILES string of the molecule is C=COC(C)=O.N#CCC(=O)O. The van der Waals surface area contributed by atoms with Crippen LogP contribution in [0.15, 0.2) is 12.8 Å². The molecule has 0 aromatic rings. The van der Waals surface area contributed by atoms with Crippen molar-refractivity contribution in [3.8, 4) is 6.07 Å². The molecule has 0 aliphatic carbocycles. The van der Waals surface area contributed by atoms with Crippen LogP contribution >= 0.6 is 0 Å². The largest absolute Gasteiger partial charge is 0.480 e. The van der Waals surface area contributed by atoms with Gasteiger partial charge in [0.25, 0.3) is 0 Å². The molecule has 66 valence electrons. The maximum absolute atomic E-state index is 9.75. The Kier molecular flexibility index (Phi) is 9.79. The van der Waals surface area contributed by atoms with E-state index in [1.54, 1.807) is 0 Å². The number of nitrogens with zero attached hydrogens (tertiary/aromatic N) is 1. The molecule has 0 atom stereocenters. The number of hydrogen-bond donors (Lipinski definition) is 1. The van der Waals surface area contributed by atoms with Crippen molar-refractivity contribution < 1.29 is 19.4 Å². The van der Waals surface area contributed by atoms with Crippen molar-refractivity contribution in [2.75, 3.05) is 0 Å². The molecule has 0 saturated heterocycles. The molecule has 0 saturated carbocycles. The Morgan fingerprint density at radius 2 is 2.25 bits per heavy atom. The molecule has 1 N–H and O–H groups in total. The first-order valence-corrected chi connectivity index (χ1v) is 2.91. The van der Waals surface area contributed by atoms with Gasteiger partial charge in [-0.3, -0.25) is 9.59 Å². The van der Waals surface area contributed by atoms with Crippen LogP contribution in [-0.4, -0.2) is 17.0 Å². The van der Waals surface area contributed by atoms with Crippen molar-refractivity contribution in [2.45, 2.75) is 13.3 Å². The number of ether oxygens (including phenoxy) is 1. The van der Waals surface area contributed by atoms with Gasteiger partial charge in [-0.2, -0.15) is 5.26 Å². The minimum Gasteiger partial charge on any atom is -0.480 e. The zero-order chi connectivity index (χ0) is 9.98. The van der Waals surface area contributed by atoms with Crippen LogP contribution in [0.1, 0.15) is 13.3 Å². The third-order valence-electron chi connectivity index (χ3n) is 0.480. The second-order valence-electron chi connectivity index (χ2n) is 1.50. The number of carbonyl (C=O) groups is 2. The van der Waals surface area contributed by atoms with Gasteiger partial charge in [0.2, 0.25) is 0 Å². The van der Waals surface area contributed by atoms with Crippen molar-refractivity contribution in [1.29, 1.82) is 5.26 Å². The van der Waals surface area contributed by atoms with Gasteiger partial charge >= 0.3 is 11.9 Å². The fourth-order valence-corrected chi connectivity index (χ4v) is 0.185. The molecule has 12 heavy (non-hydrogen) atoms. The summed E-state index contributed by atoms with van der Waals surface area (Å²) in [6.45, 7) is 4.48. The number of rotatable bonds is 2. The van der Waals surface area contributed by atoms with Gasteiger partial charge in [-0.05, 0) is 0 Å². The Balaban J connectivity index is 0. The third-order valence-corrected chi connectivity index (χ3v) is 0.480. The quantitative estimate of drug-likeness (QED) is 0.487. The van der Waals surface area contributed by atoms with Gasteiger partial charge in [-0.15, -0.1) is 0 Å². The van der Waals surface area contributed by atoms with E-state index in [9.17, 15) is 9.59 Å². The van der Waals surface area contributed by atoms with E-state index in [-0.39, 0.29) is 5.97 Å². The Labute approximate surface area is 69.9 Å². The van der Waals surface area contributed by atoms with Crippen molar-refractivity contribution in [3.05, 3.63) is 12.8 Å². The fraction of sp³-hybridized carbons (Fsp3) is 0.286. The average molecular weight is 171 g/mol. The van der Waals surface area contributed by atoms with E-state index >= 15 is 0 Å². The van der Waals surface area contributed by atoms with Gasteiger partial charge in [0.1, 0.15) is 6.42 Å². The molecule has 0 aromatic carbocycles. The molecule has 5 nitrogen and oxygen atoms in total. The van der Waals surface area contributed by atoms with Crippen molar-refractivity contribution in [3.63, 3.8) is 0 Å². The molecule has 0 spiro atoms. The van der Waals surface area contributed by atoms with Gasteiger partial charge in [0, 0.05) is 6.92 Å². The normalized spacial score (nSPS) is 6.67. The van der Waals surface area contributed by atoms with Crippen molar-refractivity contribution in [1.82, 2.24) is 0 Å². The molecule has 0 heterocycles. The smallest absolute Gasteiger partial charge is 0.317 e. The Morgan fingerprint density at radius 3 is 2.25 bits per heavy atom. The number of esters is 1. The van der Waals surface area contributed by atoms with Crippen LogP contribution in [-0.2, 0) is 14.3 Å². The molecule has 0 bridgehead atoms. The molecule has 0 rings (SSSR count). The van der Waals surface area contributed by atoms with E-state index in [0.29, 0.717) is 0 Å². The topological polar surface area (TPSA) is 87.4 Å².